The van der Waals surface area contributed by atoms with Crippen molar-refractivity contribution in [1.29, 1.82) is 0 Å². The molecule has 0 saturated carbocycles. The van der Waals surface area contributed by atoms with Crippen LogP contribution in [0, 0.1) is 5.92 Å². The van der Waals surface area contributed by atoms with Gasteiger partial charge in [-0.2, -0.15) is 0 Å². The number of ether oxygens (including phenoxy) is 1. The van der Waals surface area contributed by atoms with Crippen molar-refractivity contribution < 1.29 is 19.4 Å². The van der Waals surface area contributed by atoms with Crippen LogP contribution in [-0.2, 0) is 14.3 Å². The highest BCUT2D eigenvalue weighted by Crippen LogP contribution is 2.16. The summed E-state index contributed by atoms with van der Waals surface area (Å²) >= 11 is 0. The van der Waals surface area contributed by atoms with Crippen LogP contribution in [-0.4, -0.2) is 23.7 Å². The highest BCUT2D eigenvalue weighted by Gasteiger charge is 2.21. The summed E-state index contributed by atoms with van der Waals surface area (Å²) in [6.45, 7) is 5.90. The highest BCUT2D eigenvalue weighted by atomic mass is 16.5. The third kappa shape index (κ3) is 25.5. The minimum absolute atomic E-state index is 0.0633. The van der Waals surface area contributed by atoms with Crippen LogP contribution in [0.4, 0.5) is 0 Å². The number of carboxylic acids is 1. The summed E-state index contributed by atoms with van der Waals surface area (Å²) in [7, 11) is 0. The second-order valence-electron chi connectivity index (χ2n) is 10.4. The summed E-state index contributed by atoms with van der Waals surface area (Å²) in [5.41, 5.74) is 0. The van der Waals surface area contributed by atoms with Crippen LogP contribution in [0.25, 0.3) is 0 Å². The van der Waals surface area contributed by atoms with Gasteiger partial charge in [-0.1, -0.05) is 141 Å². The Morgan fingerprint density at radius 2 is 1.11 bits per heavy atom. The van der Waals surface area contributed by atoms with E-state index < -0.39 is 17.9 Å². The van der Waals surface area contributed by atoms with Crippen molar-refractivity contribution in [2.24, 2.45) is 5.92 Å². The first-order chi connectivity index (χ1) is 17.6. The second-order valence-corrected chi connectivity index (χ2v) is 10.4. The third-order valence-electron chi connectivity index (χ3n) is 6.94. The molecule has 1 unspecified atom stereocenters. The lowest BCUT2D eigenvalue weighted by Gasteiger charge is -2.10. The molecule has 0 rings (SSSR count). The van der Waals surface area contributed by atoms with Gasteiger partial charge in [0.2, 0.25) is 0 Å². The smallest absolute Gasteiger partial charge is 0.307 e. The molecule has 0 bridgehead atoms. The van der Waals surface area contributed by atoms with Crippen molar-refractivity contribution >= 4 is 11.9 Å². The molecule has 0 saturated heterocycles. The number of carbonyl (C=O) groups excluding carboxylic acids is 1. The lowest BCUT2D eigenvalue weighted by molar-refractivity contribution is -0.151. The van der Waals surface area contributed by atoms with Gasteiger partial charge in [0.1, 0.15) is 6.61 Å². The number of allylic oxidation sites excluding steroid dienone is 2. The Balaban J connectivity index is 3.38. The van der Waals surface area contributed by atoms with Crippen LogP contribution in [0.2, 0.25) is 0 Å². The van der Waals surface area contributed by atoms with Crippen molar-refractivity contribution in [2.75, 3.05) is 6.61 Å². The fourth-order valence-electron chi connectivity index (χ4n) is 4.61. The van der Waals surface area contributed by atoms with Crippen LogP contribution >= 0.6 is 0 Å². The molecule has 0 aromatic heterocycles. The number of unbranched alkanes of at least 4 members (excludes halogenated alkanes) is 19. The molecule has 1 atom stereocenters. The number of hydrogen-bond donors (Lipinski definition) is 1. The summed E-state index contributed by atoms with van der Waals surface area (Å²) in [6, 6.07) is 0. The largest absolute Gasteiger partial charge is 0.481 e. The van der Waals surface area contributed by atoms with Gasteiger partial charge in [-0.3, -0.25) is 9.59 Å². The lowest BCUT2D eigenvalue weighted by Crippen LogP contribution is -2.19. The van der Waals surface area contributed by atoms with Gasteiger partial charge in [0.25, 0.3) is 0 Å². The average molecular weight is 507 g/mol. The van der Waals surface area contributed by atoms with Crippen molar-refractivity contribution in [3.05, 3.63) is 24.8 Å². The van der Waals surface area contributed by atoms with E-state index in [1.54, 1.807) is 0 Å². The highest BCUT2D eigenvalue weighted by molar-refractivity contribution is 5.78. The summed E-state index contributed by atoms with van der Waals surface area (Å²) in [6.07, 6.45) is 34.2. The van der Waals surface area contributed by atoms with E-state index in [1.807, 2.05) is 0 Å². The van der Waals surface area contributed by atoms with Gasteiger partial charge in [0.05, 0.1) is 12.3 Å². The Morgan fingerprint density at radius 1 is 0.694 bits per heavy atom. The maximum absolute atomic E-state index is 11.6. The van der Waals surface area contributed by atoms with Gasteiger partial charge in [-0.05, 0) is 32.1 Å². The molecule has 210 valence electrons. The number of rotatable bonds is 28. The zero-order chi connectivity index (χ0) is 26.5. The Morgan fingerprint density at radius 3 is 1.53 bits per heavy atom. The SMILES string of the molecule is C=CCOC(=O)CC(CCC/C=C/CCCCCCCCCCCCCCCCCCCC)C(=O)O. The molecule has 0 radical (unpaired) electrons. The topological polar surface area (TPSA) is 63.6 Å². The van der Waals surface area contributed by atoms with Gasteiger partial charge in [-0.15, -0.1) is 0 Å². The molecular formula is C32H58O4. The predicted octanol–water partition coefficient (Wildman–Crippen LogP) is 9.96. The Kier molecular flexibility index (Phi) is 26.8. The molecule has 0 aliphatic rings. The first kappa shape index (κ1) is 34.4. The van der Waals surface area contributed by atoms with Crippen molar-refractivity contribution in [3.63, 3.8) is 0 Å². The quantitative estimate of drug-likeness (QED) is 0.0651. The van der Waals surface area contributed by atoms with Gasteiger partial charge in [0.15, 0.2) is 0 Å². The van der Waals surface area contributed by atoms with Crippen LogP contribution < -0.4 is 0 Å². The van der Waals surface area contributed by atoms with E-state index in [-0.39, 0.29) is 13.0 Å². The summed E-state index contributed by atoms with van der Waals surface area (Å²) < 4.78 is 4.89. The van der Waals surface area contributed by atoms with Gasteiger partial charge in [-0.25, -0.2) is 0 Å². The van der Waals surface area contributed by atoms with Crippen LogP contribution in [0.5, 0.6) is 0 Å². The molecule has 36 heavy (non-hydrogen) atoms. The molecule has 0 fully saturated rings. The predicted molar refractivity (Wildman–Crippen MR) is 153 cm³/mol. The summed E-state index contributed by atoms with van der Waals surface area (Å²) in [4.78, 5) is 22.9. The Hall–Kier alpha value is -1.58. The zero-order valence-corrected chi connectivity index (χ0v) is 23.7. The fraction of sp³-hybridized carbons (Fsp3) is 0.812. The van der Waals surface area contributed by atoms with Crippen molar-refractivity contribution in [3.8, 4) is 0 Å². The fourth-order valence-corrected chi connectivity index (χ4v) is 4.61. The Bertz CT molecular complexity index is 540. The van der Waals surface area contributed by atoms with Crippen LogP contribution in [0.3, 0.4) is 0 Å². The van der Waals surface area contributed by atoms with E-state index >= 15 is 0 Å². The van der Waals surface area contributed by atoms with Crippen LogP contribution in [0.1, 0.15) is 155 Å². The summed E-state index contributed by atoms with van der Waals surface area (Å²) in [5.74, 6) is -2.05. The molecule has 0 aromatic rings. The minimum Gasteiger partial charge on any atom is -0.481 e. The molecule has 0 aromatic carbocycles. The zero-order valence-electron chi connectivity index (χ0n) is 23.7. The van der Waals surface area contributed by atoms with E-state index in [2.05, 4.69) is 25.7 Å². The first-order valence-electron chi connectivity index (χ1n) is 15.3. The monoisotopic (exact) mass is 506 g/mol. The molecule has 0 aliphatic carbocycles. The number of aliphatic carboxylic acids is 1. The van der Waals surface area contributed by atoms with E-state index in [0.29, 0.717) is 6.42 Å². The van der Waals surface area contributed by atoms with E-state index in [4.69, 9.17) is 4.74 Å². The molecular weight excluding hydrogens is 448 g/mol. The van der Waals surface area contributed by atoms with Crippen molar-refractivity contribution in [2.45, 2.75) is 155 Å². The van der Waals surface area contributed by atoms with E-state index in [0.717, 1.165) is 19.3 Å². The molecule has 4 heteroatoms. The molecule has 0 aliphatic heterocycles. The van der Waals surface area contributed by atoms with Gasteiger partial charge >= 0.3 is 11.9 Å². The minimum atomic E-state index is -0.923. The average Bonchev–Trinajstić information content (AvgIpc) is 2.87. The normalized spacial score (nSPS) is 12.1. The van der Waals surface area contributed by atoms with Gasteiger partial charge in [0, 0.05) is 0 Å². The van der Waals surface area contributed by atoms with E-state index in [1.165, 1.54) is 122 Å². The second kappa shape index (κ2) is 28.0. The van der Waals surface area contributed by atoms with Crippen molar-refractivity contribution in [1.82, 2.24) is 0 Å². The Labute approximate surface area is 223 Å². The van der Waals surface area contributed by atoms with Gasteiger partial charge < -0.3 is 9.84 Å². The van der Waals surface area contributed by atoms with E-state index in [9.17, 15) is 14.7 Å². The number of esters is 1. The molecule has 0 spiro atoms. The lowest BCUT2D eigenvalue weighted by atomic mass is 9.98. The maximum atomic E-state index is 11.6. The molecule has 0 heterocycles. The molecule has 1 N–H and O–H groups in total. The maximum Gasteiger partial charge on any atom is 0.307 e. The summed E-state index contributed by atoms with van der Waals surface area (Å²) in [5, 5.41) is 9.28. The molecule has 0 amide bonds. The number of carbonyl (C=O) groups is 2. The number of carboxylic acid groups (broad SMARTS) is 1. The van der Waals surface area contributed by atoms with Crippen LogP contribution in [0.15, 0.2) is 24.8 Å². The number of hydrogen-bond acceptors (Lipinski definition) is 3. The third-order valence-corrected chi connectivity index (χ3v) is 6.94. The first-order valence-corrected chi connectivity index (χ1v) is 15.3. The standard InChI is InChI=1S/C32H58O4/c1-3-5-6-7-8-9-10-11-12-13-14-15-16-17-18-19-20-21-22-23-24-25-26-27-30(32(34)35)29-31(33)36-28-4-2/h4,23-24,30H,2-3,5-22,25-29H2,1H3,(H,34,35)/b24-23+. The molecule has 4 nitrogen and oxygen atoms in total.